The number of pyridine rings is 1. The highest BCUT2D eigenvalue weighted by molar-refractivity contribution is 5.94. The number of amides is 1. The topological polar surface area (TPSA) is 68.2 Å². The van der Waals surface area contributed by atoms with Crippen LogP contribution in [0.4, 0.5) is 4.39 Å². The Hall–Kier alpha value is -4.13. The van der Waals surface area contributed by atoms with Crippen LogP contribution < -0.4 is 4.74 Å². The molecule has 1 amide bonds. The molecule has 5 rings (SSSR count). The number of rotatable bonds is 6. The van der Waals surface area contributed by atoms with Crippen LogP contribution in [0.5, 0.6) is 11.6 Å². The molecule has 0 spiro atoms. The molecule has 2 aromatic carbocycles. The van der Waals surface area contributed by atoms with E-state index in [1.165, 1.54) is 29.5 Å². The van der Waals surface area contributed by atoms with Gasteiger partial charge in [-0.05, 0) is 43.5 Å². The van der Waals surface area contributed by atoms with Gasteiger partial charge in [0.1, 0.15) is 0 Å². The van der Waals surface area contributed by atoms with Gasteiger partial charge in [0.05, 0.1) is 23.6 Å². The second-order valence-corrected chi connectivity index (χ2v) is 8.67. The summed E-state index contributed by atoms with van der Waals surface area (Å²) in [5, 5.41) is 0. The Morgan fingerprint density at radius 3 is 2.86 bits per heavy atom. The Balaban J connectivity index is 1.34. The number of hydrogen-bond donors (Lipinski definition) is 0. The lowest BCUT2D eigenvalue weighted by Gasteiger charge is -2.24. The third-order valence-corrected chi connectivity index (χ3v) is 6.06. The lowest BCUT2D eigenvalue weighted by atomic mass is 10.1. The first-order valence-corrected chi connectivity index (χ1v) is 11.6. The third-order valence-electron chi connectivity index (χ3n) is 6.06. The zero-order chi connectivity index (χ0) is 24.2. The van der Waals surface area contributed by atoms with Crippen molar-refractivity contribution >= 4 is 5.91 Å². The van der Waals surface area contributed by atoms with E-state index in [9.17, 15) is 9.18 Å². The van der Waals surface area contributed by atoms with E-state index in [0.717, 1.165) is 24.2 Å². The Labute approximate surface area is 203 Å². The number of benzene rings is 2. The van der Waals surface area contributed by atoms with E-state index in [4.69, 9.17) is 9.72 Å². The van der Waals surface area contributed by atoms with Crippen LogP contribution in [0.15, 0.2) is 79.3 Å². The van der Waals surface area contributed by atoms with Crippen molar-refractivity contribution in [2.45, 2.75) is 32.2 Å². The highest BCUT2D eigenvalue weighted by Gasteiger charge is 2.32. The van der Waals surface area contributed by atoms with Gasteiger partial charge in [-0.1, -0.05) is 42.0 Å². The van der Waals surface area contributed by atoms with Gasteiger partial charge >= 0.3 is 0 Å². The minimum Gasteiger partial charge on any atom is -0.436 e. The fourth-order valence-corrected chi connectivity index (χ4v) is 4.42. The summed E-state index contributed by atoms with van der Waals surface area (Å²) in [5.74, 6) is -0.407. The summed E-state index contributed by atoms with van der Waals surface area (Å²) < 4.78 is 19.5. The van der Waals surface area contributed by atoms with E-state index in [1.54, 1.807) is 36.7 Å². The minimum absolute atomic E-state index is 0.0596. The monoisotopic (exact) mass is 468 g/mol. The van der Waals surface area contributed by atoms with Crippen molar-refractivity contribution in [2.75, 3.05) is 6.54 Å². The molecule has 1 unspecified atom stereocenters. The van der Waals surface area contributed by atoms with Gasteiger partial charge in [0.15, 0.2) is 11.6 Å². The Kier molecular flexibility index (Phi) is 6.48. The molecule has 1 saturated heterocycles. The zero-order valence-corrected chi connectivity index (χ0v) is 19.4. The number of likely N-dealkylation sites (tertiary alicyclic amines) is 1. The fraction of sp³-hybridized carbons (Fsp3) is 0.214. The molecule has 7 heteroatoms. The number of hydrogen-bond acceptors (Lipinski definition) is 5. The summed E-state index contributed by atoms with van der Waals surface area (Å²) in [6.07, 6.45) is 7.40. The van der Waals surface area contributed by atoms with Crippen LogP contribution in [0.25, 0.3) is 0 Å². The van der Waals surface area contributed by atoms with E-state index in [1.807, 2.05) is 11.0 Å². The van der Waals surface area contributed by atoms with Gasteiger partial charge in [-0.15, -0.1) is 0 Å². The summed E-state index contributed by atoms with van der Waals surface area (Å²) in [7, 11) is 0. The Bertz CT molecular complexity index is 1360. The minimum atomic E-state index is -0.491. The molecule has 0 bridgehead atoms. The van der Waals surface area contributed by atoms with Gasteiger partial charge in [-0.3, -0.25) is 14.8 Å². The Morgan fingerprint density at radius 1 is 1.11 bits per heavy atom. The van der Waals surface area contributed by atoms with Gasteiger partial charge in [0.2, 0.25) is 5.88 Å². The molecule has 2 aromatic heterocycles. The number of nitrogens with zero attached hydrogens (tertiary/aromatic N) is 4. The number of ether oxygens (including phenoxy) is 1. The first-order valence-electron chi connectivity index (χ1n) is 11.6. The molecule has 176 valence electrons. The highest BCUT2D eigenvalue weighted by Crippen LogP contribution is 2.33. The number of aromatic nitrogens is 3. The summed E-state index contributed by atoms with van der Waals surface area (Å²) >= 11 is 0. The van der Waals surface area contributed by atoms with Gasteiger partial charge < -0.3 is 9.64 Å². The molecule has 0 N–H and O–H groups in total. The van der Waals surface area contributed by atoms with Crippen molar-refractivity contribution in [1.82, 2.24) is 19.9 Å². The van der Waals surface area contributed by atoms with Crippen LogP contribution >= 0.6 is 0 Å². The molecule has 1 atom stereocenters. The Morgan fingerprint density at radius 2 is 2.00 bits per heavy atom. The van der Waals surface area contributed by atoms with Crippen LogP contribution in [-0.4, -0.2) is 32.3 Å². The van der Waals surface area contributed by atoms with E-state index in [0.29, 0.717) is 18.5 Å². The van der Waals surface area contributed by atoms with Gasteiger partial charge in [0.25, 0.3) is 5.91 Å². The maximum Gasteiger partial charge on any atom is 0.254 e. The largest absolute Gasteiger partial charge is 0.436 e. The lowest BCUT2D eigenvalue weighted by molar-refractivity contribution is 0.0732. The predicted octanol–water partition coefficient (Wildman–Crippen LogP) is 5.68. The molecule has 1 fully saturated rings. The molecule has 3 heterocycles. The smallest absolute Gasteiger partial charge is 0.254 e. The number of carbonyl (C=O) groups excluding carboxylic acids is 1. The van der Waals surface area contributed by atoms with E-state index in [-0.39, 0.29) is 23.6 Å². The van der Waals surface area contributed by atoms with Crippen molar-refractivity contribution in [1.29, 1.82) is 0 Å². The number of para-hydroxylation sites is 1. The first-order chi connectivity index (χ1) is 17.1. The van der Waals surface area contributed by atoms with Crippen LogP contribution in [0.3, 0.4) is 0 Å². The molecule has 0 saturated carbocycles. The molecule has 1 aliphatic rings. The standard InChI is InChI=1S/C28H25FN4O2/c1-19-6-4-7-20(14-19)15-22-17-30-18-24(32-22)25-9-5-13-33(25)28(34)21-11-12-31-27(16-21)35-26-10-3-2-8-23(26)29/h2-4,6-8,10-12,14,16-18,25H,5,9,13,15H2,1H3. The zero-order valence-electron chi connectivity index (χ0n) is 19.4. The SMILES string of the molecule is Cc1cccc(Cc2cncc(C3CCCN3C(=O)c3ccnc(Oc4ccccc4F)c3)n2)c1. The molecule has 1 aliphatic heterocycles. The van der Waals surface area contributed by atoms with Gasteiger partial charge in [0, 0.05) is 37.0 Å². The molecular formula is C28H25FN4O2. The van der Waals surface area contributed by atoms with Gasteiger partial charge in [-0.2, -0.15) is 0 Å². The number of halogens is 1. The lowest BCUT2D eigenvalue weighted by Crippen LogP contribution is -2.31. The second kappa shape index (κ2) is 10.0. The van der Waals surface area contributed by atoms with Crippen LogP contribution in [0.1, 0.15) is 51.8 Å². The third kappa shape index (κ3) is 5.19. The average molecular weight is 469 g/mol. The summed E-state index contributed by atoms with van der Waals surface area (Å²) in [4.78, 5) is 28.7. The molecule has 0 radical (unpaired) electrons. The first kappa shape index (κ1) is 22.7. The van der Waals surface area contributed by atoms with E-state index in [2.05, 4.69) is 35.1 Å². The summed E-state index contributed by atoms with van der Waals surface area (Å²) in [6.45, 7) is 2.69. The summed E-state index contributed by atoms with van der Waals surface area (Å²) in [6, 6.07) is 17.5. The van der Waals surface area contributed by atoms with Crippen LogP contribution in [0.2, 0.25) is 0 Å². The normalized spacial score (nSPS) is 15.3. The van der Waals surface area contributed by atoms with Crippen molar-refractivity contribution in [3.05, 3.63) is 113 Å². The quantitative estimate of drug-likeness (QED) is 0.364. The van der Waals surface area contributed by atoms with Crippen molar-refractivity contribution in [3.8, 4) is 11.6 Å². The number of aryl methyl sites for hydroxylation is 1. The maximum atomic E-state index is 14.0. The second-order valence-electron chi connectivity index (χ2n) is 8.67. The fourth-order valence-electron chi connectivity index (χ4n) is 4.42. The molecule has 0 aliphatic carbocycles. The summed E-state index contributed by atoms with van der Waals surface area (Å²) in [5.41, 5.74) is 4.47. The molecule has 6 nitrogen and oxygen atoms in total. The average Bonchev–Trinajstić information content (AvgIpc) is 3.36. The van der Waals surface area contributed by atoms with E-state index >= 15 is 0 Å². The number of carbonyl (C=O) groups is 1. The van der Waals surface area contributed by atoms with Crippen molar-refractivity contribution in [2.24, 2.45) is 0 Å². The highest BCUT2D eigenvalue weighted by atomic mass is 19.1. The molecule has 4 aromatic rings. The van der Waals surface area contributed by atoms with Crippen molar-refractivity contribution < 1.29 is 13.9 Å². The molecule has 35 heavy (non-hydrogen) atoms. The van der Waals surface area contributed by atoms with Gasteiger partial charge in [-0.25, -0.2) is 9.37 Å². The van der Waals surface area contributed by atoms with Crippen LogP contribution in [0, 0.1) is 12.7 Å². The maximum absolute atomic E-state index is 14.0. The van der Waals surface area contributed by atoms with Crippen LogP contribution in [-0.2, 0) is 6.42 Å². The van der Waals surface area contributed by atoms with Crippen molar-refractivity contribution in [3.63, 3.8) is 0 Å². The predicted molar refractivity (Wildman–Crippen MR) is 130 cm³/mol. The molecular weight excluding hydrogens is 443 g/mol. The van der Waals surface area contributed by atoms with E-state index < -0.39 is 5.82 Å².